The van der Waals surface area contributed by atoms with Gasteiger partial charge in [-0.3, -0.25) is 9.59 Å². The first-order valence-electron chi connectivity index (χ1n) is 8.66. The Morgan fingerprint density at radius 1 is 1.00 bits per heavy atom. The molecular formula is C20H22ClN3O2. The zero-order valence-electron chi connectivity index (χ0n) is 14.7. The number of hydrogen-bond donors (Lipinski definition) is 1. The van der Waals surface area contributed by atoms with Gasteiger partial charge in [0.2, 0.25) is 5.91 Å². The van der Waals surface area contributed by atoms with E-state index in [1.54, 1.807) is 11.8 Å². The van der Waals surface area contributed by atoms with E-state index in [0.717, 1.165) is 47.5 Å². The van der Waals surface area contributed by atoms with Crippen molar-refractivity contribution in [3.8, 4) is 0 Å². The minimum absolute atomic E-state index is 0. The first-order valence-corrected chi connectivity index (χ1v) is 8.66. The molecule has 5 nitrogen and oxygen atoms in total. The van der Waals surface area contributed by atoms with Gasteiger partial charge in [0.05, 0.1) is 0 Å². The van der Waals surface area contributed by atoms with Gasteiger partial charge < -0.3 is 15.5 Å². The minimum Gasteiger partial charge on any atom is -0.398 e. The van der Waals surface area contributed by atoms with Crippen molar-refractivity contribution in [1.82, 2.24) is 0 Å². The molecule has 26 heavy (non-hydrogen) atoms. The van der Waals surface area contributed by atoms with Crippen LogP contribution in [-0.4, -0.2) is 24.9 Å². The highest BCUT2D eigenvalue weighted by atomic mass is 35.5. The number of fused-ring (bicyclic) bond motifs is 2. The van der Waals surface area contributed by atoms with Gasteiger partial charge in [0.25, 0.3) is 5.91 Å². The lowest BCUT2D eigenvalue weighted by molar-refractivity contribution is -0.116. The molecular weight excluding hydrogens is 350 g/mol. The molecule has 6 heteroatoms. The van der Waals surface area contributed by atoms with Crippen LogP contribution in [0, 0.1) is 0 Å². The maximum Gasteiger partial charge on any atom is 0.258 e. The van der Waals surface area contributed by atoms with E-state index in [-0.39, 0.29) is 24.2 Å². The Hall–Kier alpha value is -2.53. The number of hydrogen-bond acceptors (Lipinski definition) is 3. The van der Waals surface area contributed by atoms with Gasteiger partial charge in [-0.15, -0.1) is 12.4 Å². The van der Waals surface area contributed by atoms with E-state index in [4.69, 9.17) is 5.73 Å². The van der Waals surface area contributed by atoms with E-state index in [1.165, 1.54) is 0 Å². The molecule has 2 N–H and O–H groups in total. The average Bonchev–Trinajstić information content (AvgIpc) is 3.04. The van der Waals surface area contributed by atoms with Crippen molar-refractivity contribution in [2.45, 2.75) is 26.2 Å². The van der Waals surface area contributed by atoms with Gasteiger partial charge in [0, 0.05) is 42.6 Å². The number of carbonyl (C=O) groups is 2. The predicted molar refractivity (Wildman–Crippen MR) is 106 cm³/mol. The molecule has 4 rings (SSSR count). The van der Waals surface area contributed by atoms with E-state index < -0.39 is 0 Å². The zero-order chi connectivity index (χ0) is 17.6. The second-order valence-electron chi connectivity index (χ2n) is 6.67. The van der Waals surface area contributed by atoms with Crippen molar-refractivity contribution in [2.24, 2.45) is 0 Å². The number of benzene rings is 2. The molecule has 136 valence electrons. The van der Waals surface area contributed by atoms with Crippen molar-refractivity contribution in [3.05, 3.63) is 53.1 Å². The molecule has 0 saturated carbocycles. The SMILES string of the molecule is CC(=O)N1CCc2cc(C(=O)N3CCCc4c(N)cccc43)ccc21.Cl. The van der Waals surface area contributed by atoms with Crippen LogP contribution in [0.15, 0.2) is 36.4 Å². The van der Waals surface area contributed by atoms with E-state index in [2.05, 4.69) is 0 Å². The number of anilines is 3. The standard InChI is InChI=1S/C20H21N3O2.ClH/c1-13(24)22-11-9-14-12-15(7-8-18(14)22)20(25)23-10-3-4-16-17(21)5-2-6-19(16)23;/h2,5-8,12H,3-4,9-11,21H2,1H3;1H. The largest absolute Gasteiger partial charge is 0.398 e. The van der Waals surface area contributed by atoms with Crippen molar-refractivity contribution < 1.29 is 9.59 Å². The highest BCUT2D eigenvalue weighted by molar-refractivity contribution is 6.08. The van der Waals surface area contributed by atoms with Gasteiger partial charge in [-0.05, 0) is 60.7 Å². The van der Waals surface area contributed by atoms with Crippen LogP contribution in [0.1, 0.15) is 34.8 Å². The average molecular weight is 372 g/mol. The molecule has 2 aliphatic rings. The number of amides is 2. The van der Waals surface area contributed by atoms with Crippen molar-refractivity contribution in [2.75, 3.05) is 28.6 Å². The van der Waals surface area contributed by atoms with Gasteiger partial charge in [0.1, 0.15) is 0 Å². The maximum absolute atomic E-state index is 13.1. The Kier molecular flexibility index (Phi) is 4.92. The summed E-state index contributed by atoms with van der Waals surface area (Å²) in [4.78, 5) is 28.4. The van der Waals surface area contributed by atoms with Crippen molar-refractivity contribution >= 4 is 41.3 Å². The monoisotopic (exact) mass is 371 g/mol. The Bertz CT molecular complexity index is 881. The molecule has 2 aliphatic heterocycles. The van der Waals surface area contributed by atoms with E-state index >= 15 is 0 Å². The van der Waals surface area contributed by atoms with Crippen molar-refractivity contribution in [1.29, 1.82) is 0 Å². The van der Waals surface area contributed by atoms with E-state index in [9.17, 15) is 9.59 Å². The summed E-state index contributed by atoms with van der Waals surface area (Å²) in [6, 6.07) is 11.4. The summed E-state index contributed by atoms with van der Waals surface area (Å²) >= 11 is 0. The second-order valence-corrected chi connectivity index (χ2v) is 6.67. The Balaban J connectivity index is 0.00000196. The van der Waals surface area contributed by atoms with Crippen LogP contribution >= 0.6 is 12.4 Å². The van der Waals surface area contributed by atoms with Crippen LogP contribution in [0.4, 0.5) is 17.1 Å². The van der Waals surface area contributed by atoms with Crippen molar-refractivity contribution in [3.63, 3.8) is 0 Å². The molecule has 0 radical (unpaired) electrons. The topological polar surface area (TPSA) is 66.6 Å². The molecule has 0 aromatic heterocycles. The zero-order valence-corrected chi connectivity index (χ0v) is 15.5. The summed E-state index contributed by atoms with van der Waals surface area (Å²) in [5, 5.41) is 0. The lowest BCUT2D eigenvalue weighted by Gasteiger charge is -2.30. The molecule has 0 aliphatic carbocycles. The first-order chi connectivity index (χ1) is 12.1. The molecule has 2 heterocycles. The summed E-state index contributed by atoms with van der Waals surface area (Å²) in [6.07, 6.45) is 2.61. The van der Waals surface area contributed by atoms with Gasteiger partial charge >= 0.3 is 0 Å². The fraction of sp³-hybridized carbons (Fsp3) is 0.300. The van der Waals surface area contributed by atoms with Crippen LogP contribution in [0.25, 0.3) is 0 Å². The number of nitrogens with two attached hydrogens (primary N) is 1. The number of nitrogen functional groups attached to an aromatic ring is 1. The minimum atomic E-state index is -0.00405. The smallest absolute Gasteiger partial charge is 0.258 e. The molecule has 0 fully saturated rings. The molecule has 0 atom stereocenters. The summed E-state index contributed by atoms with van der Waals surface area (Å²) in [5.74, 6) is 0.0360. The lowest BCUT2D eigenvalue weighted by Crippen LogP contribution is -2.35. The number of halogens is 1. The Morgan fingerprint density at radius 3 is 2.58 bits per heavy atom. The number of carbonyl (C=O) groups excluding carboxylic acids is 2. The Morgan fingerprint density at radius 2 is 1.81 bits per heavy atom. The van der Waals surface area contributed by atoms with Crippen LogP contribution in [0.3, 0.4) is 0 Å². The van der Waals surface area contributed by atoms with Gasteiger partial charge in [0.15, 0.2) is 0 Å². The van der Waals surface area contributed by atoms with E-state index in [1.807, 2.05) is 41.3 Å². The summed E-state index contributed by atoms with van der Waals surface area (Å²) in [5.41, 5.74) is 11.5. The second kappa shape index (κ2) is 7.00. The normalized spacial score (nSPS) is 15.1. The highest BCUT2D eigenvalue weighted by Gasteiger charge is 2.27. The molecule has 0 unspecified atom stereocenters. The molecule has 0 spiro atoms. The number of rotatable bonds is 1. The quantitative estimate of drug-likeness (QED) is 0.783. The first kappa shape index (κ1) is 18.3. The third-order valence-electron chi connectivity index (χ3n) is 5.13. The predicted octanol–water partition coefficient (Wildman–Crippen LogP) is 3.19. The highest BCUT2D eigenvalue weighted by Crippen LogP contribution is 2.34. The summed E-state index contributed by atoms with van der Waals surface area (Å²) in [6.45, 7) is 2.96. The van der Waals surface area contributed by atoms with Gasteiger partial charge in [-0.25, -0.2) is 0 Å². The molecule has 0 bridgehead atoms. The van der Waals surface area contributed by atoms with Crippen LogP contribution in [-0.2, 0) is 17.6 Å². The van der Waals surface area contributed by atoms with E-state index in [0.29, 0.717) is 18.7 Å². The third kappa shape index (κ3) is 2.92. The fourth-order valence-electron chi connectivity index (χ4n) is 3.88. The summed E-state index contributed by atoms with van der Waals surface area (Å²) < 4.78 is 0. The maximum atomic E-state index is 13.1. The molecule has 2 amide bonds. The van der Waals surface area contributed by atoms with Crippen LogP contribution in [0.2, 0.25) is 0 Å². The van der Waals surface area contributed by atoms with Crippen LogP contribution in [0.5, 0.6) is 0 Å². The molecule has 2 aromatic rings. The lowest BCUT2D eigenvalue weighted by atomic mass is 9.98. The van der Waals surface area contributed by atoms with Crippen LogP contribution < -0.4 is 15.5 Å². The van der Waals surface area contributed by atoms with Gasteiger partial charge in [-0.2, -0.15) is 0 Å². The molecule has 2 aromatic carbocycles. The van der Waals surface area contributed by atoms with Gasteiger partial charge in [-0.1, -0.05) is 6.07 Å². The fourth-order valence-corrected chi connectivity index (χ4v) is 3.88. The third-order valence-corrected chi connectivity index (χ3v) is 5.13. The summed E-state index contributed by atoms with van der Waals surface area (Å²) in [7, 11) is 0. The molecule has 0 saturated heterocycles. The number of nitrogens with zero attached hydrogens (tertiary/aromatic N) is 2. The Labute approximate surface area is 159 Å².